The Hall–Kier alpha value is -2.33. The summed E-state index contributed by atoms with van der Waals surface area (Å²) in [6.45, 7) is 4.10. The number of carbonyl (C=O) groups is 1. The van der Waals surface area contributed by atoms with Gasteiger partial charge in [-0.05, 0) is 61.4 Å². The molecule has 35 heavy (non-hydrogen) atoms. The zero-order valence-corrected chi connectivity index (χ0v) is 23.3. The predicted molar refractivity (Wildman–Crippen MR) is 149 cm³/mol. The second kappa shape index (κ2) is 11.2. The lowest BCUT2D eigenvalue weighted by atomic mass is 10.1. The highest BCUT2D eigenvalue weighted by Crippen LogP contribution is 2.32. The maximum Gasteiger partial charge on any atom is 0.267 e. The van der Waals surface area contributed by atoms with Gasteiger partial charge in [-0.15, -0.1) is 11.3 Å². The number of halogens is 2. The SMILES string of the molecule is CCCc1sc2nc(SCC(=O)Nc3ccc(Br)cc3Cl)n(-c3ccc(OC)cc3)c(=O)c2c1C. The number of carbonyl (C=O) groups excluding carboxylic acids is 1. The van der Waals surface area contributed by atoms with E-state index in [1.807, 2.05) is 19.1 Å². The van der Waals surface area contributed by atoms with E-state index in [0.717, 1.165) is 27.8 Å². The molecule has 0 spiro atoms. The van der Waals surface area contributed by atoms with Crippen LogP contribution in [0.4, 0.5) is 5.69 Å². The van der Waals surface area contributed by atoms with Crippen molar-refractivity contribution in [1.29, 1.82) is 0 Å². The lowest BCUT2D eigenvalue weighted by Crippen LogP contribution is -2.23. The zero-order valence-electron chi connectivity index (χ0n) is 19.4. The van der Waals surface area contributed by atoms with Crippen molar-refractivity contribution in [2.75, 3.05) is 18.2 Å². The minimum absolute atomic E-state index is 0.0622. The molecule has 0 aliphatic rings. The Morgan fingerprint density at radius 2 is 2.00 bits per heavy atom. The summed E-state index contributed by atoms with van der Waals surface area (Å²) in [7, 11) is 1.59. The smallest absolute Gasteiger partial charge is 0.267 e. The van der Waals surface area contributed by atoms with E-state index in [1.54, 1.807) is 53.3 Å². The zero-order chi connectivity index (χ0) is 25.1. The Labute approximate surface area is 224 Å². The fraction of sp³-hybridized carbons (Fsp3) is 0.240. The summed E-state index contributed by atoms with van der Waals surface area (Å²) in [5.41, 5.74) is 2.02. The van der Waals surface area contributed by atoms with E-state index < -0.39 is 0 Å². The molecular weight excluding hydrogens is 570 g/mol. The van der Waals surface area contributed by atoms with Gasteiger partial charge in [0.25, 0.3) is 5.56 Å². The summed E-state index contributed by atoms with van der Waals surface area (Å²) in [6.07, 6.45) is 1.88. The van der Waals surface area contributed by atoms with E-state index >= 15 is 0 Å². The highest BCUT2D eigenvalue weighted by atomic mass is 79.9. The van der Waals surface area contributed by atoms with Gasteiger partial charge in [-0.1, -0.05) is 52.6 Å². The Balaban J connectivity index is 1.71. The molecule has 0 fully saturated rings. The molecule has 182 valence electrons. The van der Waals surface area contributed by atoms with Crippen LogP contribution in [0.3, 0.4) is 0 Å². The second-order valence-corrected chi connectivity index (χ2v) is 11.1. The molecule has 0 radical (unpaired) electrons. The summed E-state index contributed by atoms with van der Waals surface area (Å²) in [6, 6.07) is 12.5. The number of ether oxygens (including phenoxy) is 1. The standard InChI is InChI=1S/C25H23BrClN3O3S2/c1-4-5-20-14(2)22-23(35-20)29-25(30(24(22)32)16-7-9-17(33-3)10-8-16)34-13-21(31)28-19-11-6-15(26)12-18(19)27/h6-12H,4-5,13H2,1-3H3,(H,28,31). The minimum atomic E-state index is -0.246. The Morgan fingerprint density at radius 1 is 1.26 bits per heavy atom. The number of thiophene rings is 1. The maximum atomic E-state index is 13.7. The van der Waals surface area contributed by atoms with Crippen molar-refractivity contribution in [3.8, 4) is 11.4 Å². The van der Waals surface area contributed by atoms with Crippen LogP contribution in [0, 0.1) is 6.92 Å². The molecule has 4 aromatic rings. The van der Waals surface area contributed by atoms with Crippen LogP contribution < -0.4 is 15.6 Å². The number of amides is 1. The number of nitrogens with one attached hydrogen (secondary N) is 1. The van der Waals surface area contributed by atoms with Gasteiger partial charge >= 0.3 is 0 Å². The van der Waals surface area contributed by atoms with Crippen molar-refractivity contribution in [3.05, 3.63) is 72.8 Å². The van der Waals surface area contributed by atoms with Gasteiger partial charge < -0.3 is 10.1 Å². The molecule has 1 N–H and O–H groups in total. The molecule has 2 aromatic carbocycles. The summed E-state index contributed by atoms with van der Waals surface area (Å²) in [5, 5.41) is 4.34. The van der Waals surface area contributed by atoms with Crippen LogP contribution in [0.5, 0.6) is 5.75 Å². The summed E-state index contributed by atoms with van der Waals surface area (Å²) < 4.78 is 7.66. The molecule has 0 saturated carbocycles. The van der Waals surface area contributed by atoms with Gasteiger partial charge in [0.15, 0.2) is 5.16 Å². The van der Waals surface area contributed by atoms with Gasteiger partial charge in [-0.3, -0.25) is 14.2 Å². The molecule has 0 atom stereocenters. The molecule has 0 aliphatic carbocycles. The van der Waals surface area contributed by atoms with Crippen molar-refractivity contribution in [2.45, 2.75) is 31.8 Å². The third-order valence-electron chi connectivity index (χ3n) is 5.38. The van der Waals surface area contributed by atoms with E-state index in [-0.39, 0.29) is 17.2 Å². The molecule has 1 amide bonds. The molecular formula is C25H23BrClN3O3S2. The molecule has 10 heteroatoms. The Morgan fingerprint density at radius 3 is 2.66 bits per heavy atom. The summed E-state index contributed by atoms with van der Waals surface area (Å²) >= 11 is 12.3. The van der Waals surface area contributed by atoms with Crippen LogP contribution in [-0.4, -0.2) is 28.3 Å². The number of rotatable bonds is 8. The summed E-state index contributed by atoms with van der Waals surface area (Å²) in [5.74, 6) is 0.503. The predicted octanol–water partition coefficient (Wildman–Crippen LogP) is 6.86. The molecule has 4 rings (SSSR count). The van der Waals surface area contributed by atoms with Crippen molar-refractivity contribution in [2.24, 2.45) is 0 Å². The van der Waals surface area contributed by atoms with E-state index in [0.29, 0.717) is 37.5 Å². The van der Waals surface area contributed by atoms with E-state index in [9.17, 15) is 9.59 Å². The highest BCUT2D eigenvalue weighted by molar-refractivity contribution is 9.10. The van der Waals surface area contributed by atoms with Gasteiger partial charge in [0, 0.05) is 9.35 Å². The first kappa shape index (κ1) is 25.8. The molecule has 2 heterocycles. The number of aromatic nitrogens is 2. The summed E-state index contributed by atoms with van der Waals surface area (Å²) in [4.78, 5) is 33.1. The number of benzene rings is 2. The fourth-order valence-electron chi connectivity index (χ4n) is 3.64. The van der Waals surface area contributed by atoms with Gasteiger partial charge in [-0.2, -0.15) is 0 Å². The fourth-order valence-corrected chi connectivity index (χ4v) is 6.49. The molecule has 2 aromatic heterocycles. The van der Waals surface area contributed by atoms with Crippen LogP contribution >= 0.6 is 50.6 Å². The van der Waals surface area contributed by atoms with Crippen LogP contribution in [-0.2, 0) is 11.2 Å². The van der Waals surface area contributed by atoms with Gasteiger partial charge in [-0.25, -0.2) is 4.98 Å². The number of fused-ring (bicyclic) bond motifs is 1. The molecule has 0 aliphatic heterocycles. The first-order valence-electron chi connectivity index (χ1n) is 10.9. The average Bonchev–Trinajstić information content (AvgIpc) is 3.15. The third-order valence-corrected chi connectivity index (χ3v) is 8.37. The van der Waals surface area contributed by atoms with E-state index in [4.69, 9.17) is 21.3 Å². The number of methoxy groups -OCH3 is 1. The van der Waals surface area contributed by atoms with Crippen molar-refractivity contribution in [3.63, 3.8) is 0 Å². The van der Waals surface area contributed by atoms with Crippen LogP contribution in [0.2, 0.25) is 5.02 Å². The van der Waals surface area contributed by atoms with Crippen LogP contribution in [0.15, 0.2) is 56.9 Å². The normalized spacial score (nSPS) is 11.1. The lowest BCUT2D eigenvalue weighted by Gasteiger charge is -2.13. The van der Waals surface area contributed by atoms with Crippen molar-refractivity contribution in [1.82, 2.24) is 9.55 Å². The number of hydrogen-bond acceptors (Lipinski definition) is 6. The topological polar surface area (TPSA) is 73.2 Å². The maximum absolute atomic E-state index is 13.7. The van der Waals surface area contributed by atoms with Gasteiger partial charge in [0.05, 0.1) is 34.6 Å². The van der Waals surface area contributed by atoms with Crippen LogP contribution in [0.1, 0.15) is 23.8 Å². The molecule has 0 unspecified atom stereocenters. The van der Waals surface area contributed by atoms with E-state index in [2.05, 4.69) is 28.2 Å². The number of aryl methyl sites for hydroxylation is 2. The van der Waals surface area contributed by atoms with Gasteiger partial charge in [0.2, 0.25) is 5.91 Å². The Kier molecular flexibility index (Phi) is 8.21. The third kappa shape index (κ3) is 5.58. The molecule has 0 bridgehead atoms. The van der Waals surface area contributed by atoms with E-state index in [1.165, 1.54) is 11.8 Å². The highest BCUT2D eigenvalue weighted by Gasteiger charge is 2.20. The van der Waals surface area contributed by atoms with Crippen molar-refractivity contribution < 1.29 is 9.53 Å². The largest absolute Gasteiger partial charge is 0.497 e. The minimum Gasteiger partial charge on any atom is -0.497 e. The molecule has 0 saturated heterocycles. The number of anilines is 1. The molecule has 6 nitrogen and oxygen atoms in total. The Bertz CT molecular complexity index is 1450. The lowest BCUT2D eigenvalue weighted by molar-refractivity contribution is -0.113. The quantitative estimate of drug-likeness (QED) is 0.179. The first-order chi connectivity index (χ1) is 16.8. The van der Waals surface area contributed by atoms with Crippen LogP contribution in [0.25, 0.3) is 15.9 Å². The van der Waals surface area contributed by atoms with Crippen molar-refractivity contribution >= 4 is 72.4 Å². The average molecular weight is 593 g/mol. The van der Waals surface area contributed by atoms with Gasteiger partial charge in [0.1, 0.15) is 10.6 Å². The number of nitrogens with zero attached hydrogens (tertiary/aromatic N) is 2. The first-order valence-corrected chi connectivity index (χ1v) is 13.9. The number of thioether (sulfide) groups is 1. The number of hydrogen-bond donors (Lipinski definition) is 1. The monoisotopic (exact) mass is 591 g/mol. The second-order valence-electron chi connectivity index (χ2n) is 7.77.